The molecule has 1 atom stereocenters. The lowest BCUT2D eigenvalue weighted by molar-refractivity contribution is -0.146. The van der Waals surface area contributed by atoms with Crippen molar-refractivity contribution in [2.24, 2.45) is 0 Å². The van der Waals surface area contributed by atoms with E-state index in [0.717, 1.165) is 11.1 Å². The molecular formula is C27H24N4O4. The van der Waals surface area contributed by atoms with Crippen LogP contribution >= 0.6 is 0 Å². The summed E-state index contributed by atoms with van der Waals surface area (Å²) >= 11 is 0. The van der Waals surface area contributed by atoms with E-state index in [-0.39, 0.29) is 18.0 Å². The normalized spacial score (nSPS) is 11.6. The van der Waals surface area contributed by atoms with Crippen LogP contribution in [0.15, 0.2) is 84.9 Å². The Morgan fingerprint density at radius 1 is 0.914 bits per heavy atom. The molecule has 0 bridgehead atoms. The molecule has 0 fully saturated rings. The topological polar surface area (TPSA) is 139 Å². The smallest absolute Gasteiger partial charge is 0.332 e. The first kappa shape index (κ1) is 23.6. The van der Waals surface area contributed by atoms with Crippen LogP contribution in [0.4, 0.5) is 0 Å². The monoisotopic (exact) mass is 468 g/mol. The number of H-pyrrole nitrogens is 1. The van der Waals surface area contributed by atoms with Gasteiger partial charge in [0, 0.05) is 29.8 Å². The molecule has 3 aromatic carbocycles. The summed E-state index contributed by atoms with van der Waals surface area (Å²) in [5.41, 5.74) is 3.83. The van der Waals surface area contributed by atoms with Gasteiger partial charge >= 0.3 is 5.97 Å². The van der Waals surface area contributed by atoms with Gasteiger partial charge in [0.25, 0.3) is 5.91 Å². The summed E-state index contributed by atoms with van der Waals surface area (Å²) in [6.45, 7) is 0.376. The molecule has 5 N–H and O–H groups in total. The standard InChI is InChI=1S/C27H24N4O4/c28-21(15-22(32)27(34)35)18-11-13-20(14-12-18)25-30-23(19-9-5-2-6-10-19)24(31-25)26(33)29-16-17-7-3-1-4-8-17/h1-14,22,28,32H,15-16H2,(H,29,33)(H,30,31)(H,34,35). The zero-order valence-electron chi connectivity index (χ0n) is 18.7. The van der Waals surface area contributed by atoms with Crippen molar-refractivity contribution in [2.45, 2.75) is 19.1 Å². The van der Waals surface area contributed by atoms with Gasteiger partial charge in [-0.1, -0.05) is 84.9 Å². The van der Waals surface area contributed by atoms with E-state index in [2.05, 4.69) is 15.3 Å². The van der Waals surface area contributed by atoms with Crippen LogP contribution in [0.5, 0.6) is 0 Å². The van der Waals surface area contributed by atoms with Crippen molar-refractivity contribution in [3.63, 3.8) is 0 Å². The number of aromatic amines is 1. The van der Waals surface area contributed by atoms with Gasteiger partial charge in [-0.15, -0.1) is 0 Å². The van der Waals surface area contributed by atoms with Gasteiger partial charge < -0.3 is 25.9 Å². The highest BCUT2D eigenvalue weighted by molar-refractivity contribution is 6.01. The van der Waals surface area contributed by atoms with E-state index in [4.69, 9.17) is 10.5 Å². The van der Waals surface area contributed by atoms with Crippen molar-refractivity contribution in [1.82, 2.24) is 15.3 Å². The Kier molecular flexibility index (Phi) is 7.13. The third-order valence-corrected chi connectivity index (χ3v) is 5.46. The fourth-order valence-corrected chi connectivity index (χ4v) is 3.57. The second-order valence-corrected chi connectivity index (χ2v) is 7.96. The average molecular weight is 469 g/mol. The van der Waals surface area contributed by atoms with Gasteiger partial charge in [-0.3, -0.25) is 4.79 Å². The summed E-state index contributed by atoms with van der Waals surface area (Å²) < 4.78 is 0. The SMILES string of the molecule is N=C(CC(O)C(=O)O)c1ccc(-c2nc(-c3ccccc3)c(C(=O)NCc3ccccc3)[nH]2)cc1. The van der Waals surface area contributed by atoms with E-state index in [1.165, 1.54) is 0 Å². The molecule has 1 aromatic heterocycles. The maximum Gasteiger partial charge on any atom is 0.332 e. The highest BCUT2D eigenvalue weighted by atomic mass is 16.4. The van der Waals surface area contributed by atoms with Gasteiger partial charge in [0.2, 0.25) is 0 Å². The largest absolute Gasteiger partial charge is 0.479 e. The Morgan fingerprint density at radius 3 is 2.17 bits per heavy atom. The molecule has 8 nitrogen and oxygen atoms in total. The van der Waals surface area contributed by atoms with Gasteiger partial charge in [0.05, 0.1) is 0 Å². The van der Waals surface area contributed by atoms with Crippen molar-refractivity contribution in [3.05, 3.63) is 102 Å². The fraction of sp³-hybridized carbons (Fsp3) is 0.111. The fourth-order valence-electron chi connectivity index (χ4n) is 3.57. The maximum absolute atomic E-state index is 13.1. The number of nitrogens with zero attached hydrogens (tertiary/aromatic N) is 1. The second-order valence-electron chi connectivity index (χ2n) is 7.96. The van der Waals surface area contributed by atoms with Crippen molar-refractivity contribution in [3.8, 4) is 22.6 Å². The Bertz CT molecular complexity index is 1330. The number of carboxylic acid groups (broad SMARTS) is 1. The third-order valence-electron chi connectivity index (χ3n) is 5.46. The molecule has 1 amide bonds. The van der Waals surface area contributed by atoms with Crippen LogP contribution in [-0.2, 0) is 11.3 Å². The summed E-state index contributed by atoms with van der Waals surface area (Å²) in [7, 11) is 0. The molecule has 35 heavy (non-hydrogen) atoms. The minimum atomic E-state index is -1.63. The quantitative estimate of drug-likeness (QED) is 0.237. The lowest BCUT2D eigenvalue weighted by Gasteiger charge is -2.07. The summed E-state index contributed by atoms with van der Waals surface area (Å²) in [6.07, 6.45) is -1.92. The number of aromatic nitrogens is 2. The molecule has 176 valence electrons. The molecule has 0 aliphatic heterocycles. The highest BCUT2D eigenvalue weighted by Gasteiger charge is 2.20. The van der Waals surface area contributed by atoms with E-state index in [1.54, 1.807) is 24.3 Å². The Hall–Kier alpha value is -4.56. The number of aliphatic carboxylic acids is 1. The number of benzene rings is 3. The van der Waals surface area contributed by atoms with Crippen LogP contribution in [0.3, 0.4) is 0 Å². The third kappa shape index (κ3) is 5.69. The van der Waals surface area contributed by atoms with Gasteiger partial charge in [-0.25, -0.2) is 9.78 Å². The number of carbonyl (C=O) groups excluding carboxylic acids is 1. The van der Waals surface area contributed by atoms with Crippen LogP contribution in [-0.4, -0.2) is 43.9 Å². The molecule has 4 aromatic rings. The predicted molar refractivity (Wildman–Crippen MR) is 132 cm³/mol. The predicted octanol–water partition coefficient (Wildman–Crippen LogP) is 3.88. The van der Waals surface area contributed by atoms with Crippen LogP contribution in [0.2, 0.25) is 0 Å². The molecule has 0 saturated carbocycles. The molecule has 0 spiro atoms. The Balaban J connectivity index is 1.60. The molecule has 0 radical (unpaired) electrons. The van der Waals surface area contributed by atoms with Gasteiger partial charge in [-0.2, -0.15) is 0 Å². The number of carbonyl (C=O) groups is 2. The van der Waals surface area contributed by atoms with Gasteiger partial charge in [-0.05, 0) is 11.1 Å². The van der Waals surface area contributed by atoms with E-state index in [0.29, 0.717) is 34.9 Å². The van der Waals surface area contributed by atoms with Crippen LogP contribution in [0.1, 0.15) is 28.0 Å². The maximum atomic E-state index is 13.1. The van der Waals surface area contributed by atoms with Crippen LogP contribution in [0.25, 0.3) is 22.6 Å². The zero-order chi connectivity index (χ0) is 24.8. The Labute approximate surface area is 201 Å². The second kappa shape index (κ2) is 10.6. The number of hydrogen-bond acceptors (Lipinski definition) is 5. The lowest BCUT2D eigenvalue weighted by atomic mass is 10.0. The number of carboxylic acids is 1. The Morgan fingerprint density at radius 2 is 1.54 bits per heavy atom. The molecule has 8 heteroatoms. The molecule has 1 unspecified atom stereocenters. The summed E-state index contributed by atoms with van der Waals surface area (Å²) in [5.74, 6) is -1.17. The highest BCUT2D eigenvalue weighted by Crippen LogP contribution is 2.26. The number of rotatable bonds is 9. The van der Waals surface area contributed by atoms with Gasteiger partial charge in [0.15, 0.2) is 6.10 Å². The number of nitrogens with one attached hydrogen (secondary N) is 3. The molecular weight excluding hydrogens is 444 g/mol. The summed E-state index contributed by atoms with van der Waals surface area (Å²) in [4.78, 5) is 31.7. The first-order valence-electron chi connectivity index (χ1n) is 11.0. The zero-order valence-corrected chi connectivity index (χ0v) is 18.7. The number of aliphatic hydroxyl groups excluding tert-OH is 1. The first-order chi connectivity index (χ1) is 16.9. The minimum absolute atomic E-state index is 0.0110. The number of hydrogen-bond donors (Lipinski definition) is 5. The van der Waals surface area contributed by atoms with Crippen molar-refractivity contribution < 1.29 is 19.8 Å². The molecule has 4 rings (SSSR count). The summed E-state index contributed by atoms with van der Waals surface area (Å²) in [6, 6.07) is 25.8. The van der Waals surface area contributed by atoms with Crippen molar-refractivity contribution in [1.29, 1.82) is 5.41 Å². The van der Waals surface area contributed by atoms with E-state index >= 15 is 0 Å². The average Bonchev–Trinajstić information content (AvgIpc) is 3.34. The van der Waals surface area contributed by atoms with Crippen LogP contribution in [0, 0.1) is 5.41 Å². The lowest BCUT2D eigenvalue weighted by Crippen LogP contribution is -2.23. The minimum Gasteiger partial charge on any atom is -0.479 e. The van der Waals surface area contributed by atoms with E-state index in [1.807, 2.05) is 60.7 Å². The molecule has 0 aliphatic carbocycles. The van der Waals surface area contributed by atoms with E-state index < -0.39 is 12.1 Å². The summed E-state index contributed by atoms with van der Waals surface area (Å²) in [5, 5.41) is 29.3. The van der Waals surface area contributed by atoms with Crippen molar-refractivity contribution in [2.75, 3.05) is 0 Å². The van der Waals surface area contributed by atoms with Crippen molar-refractivity contribution >= 4 is 17.6 Å². The number of imidazole rings is 1. The molecule has 0 saturated heterocycles. The van der Waals surface area contributed by atoms with Crippen LogP contribution < -0.4 is 5.32 Å². The number of aliphatic hydroxyl groups is 1. The molecule has 0 aliphatic rings. The number of amides is 1. The van der Waals surface area contributed by atoms with Gasteiger partial charge in [0.1, 0.15) is 17.2 Å². The first-order valence-corrected chi connectivity index (χ1v) is 11.0. The molecule has 1 heterocycles. The van der Waals surface area contributed by atoms with E-state index in [9.17, 15) is 14.7 Å².